The highest BCUT2D eigenvalue weighted by Gasteiger charge is 2.67. The normalized spacial score (nSPS) is 30.4. The van der Waals surface area contributed by atoms with E-state index in [2.05, 4.69) is 17.0 Å². The van der Waals surface area contributed by atoms with Crippen LogP contribution in [-0.2, 0) is 20.9 Å². The zero-order chi connectivity index (χ0) is 31.3. The van der Waals surface area contributed by atoms with Gasteiger partial charge in [-0.15, -0.1) is 0 Å². The molecule has 4 aliphatic rings. The number of nitrogens with zero attached hydrogens (tertiary/aromatic N) is 2. The van der Waals surface area contributed by atoms with Crippen molar-refractivity contribution in [2.24, 2.45) is 23.7 Å². The molecular weight excluding hydrogens is 568 g/mol. The number of aliphatic hydroxyl groups is 1. The number of imide groups is 1. The number of benzene rings is 3. The minimum absolute atomic E-state index is 0.113. The fraction of sp³-hybridized carbons (Fsp3) is 0.459. The maximum Gasteiger partial charge on any atom is 0.233 e. The number of ether oxygens (including phenoxy) is 2. The fourth-order valence-electron chi connectivity index (χ4n) is 8.33. The fourth-order valence-corrected chi connectivity index (χ4v) is 8.33. The first kappa shape index (κ1) is 30.0. The zero-order valence-corrected chi connectivity index (χ0v) is 26.0. The SMILES string of the molecule is Cc1cc([C@@H]2C[C@H]3[C@H]4C(=O)N(C5CCN(Cc6ccccc6)CC5)C(=O)[C@H]4C[C@H](COc4ccccc4)[C@@]3(O)O2)cc(C)c1O. The second-order valence-corrected chi connectivity index (χ2v) is 13.4. The molecular formula is C37H42N2O6. The number of aryl methyl sites for hydroxylation is 2. The van der Waals surface area contributed by atoms with Crippen LogP contribution in [0.4, 0.5) is 0 Å². The van der Waals surface area contributed by atoms with Crippen LogP contribution in [-0.4, -0.2) is 63.4 Å². The van der Waals surface area contributed by atoms with E-state index in [0.29, 0.717) is 18.6 Å². The van der Waals surface area contributed by atoms with Crippen LogP contribution in [0.25, 0.3) is 0 Å². The quantitative estimate of drug-likeness (QED) is 0.358. The molecule has 2 N–H and O–H groups in total. The molecule has 7 rings (SSSR count). The van der Waals surface area contributed by atoms with Crippen LogP contribution in [0.15, 0.2) is 72.8 Å². The summed E-state index contributed by atoms with van der Waals surface area (Å²) >= 11 is 0. The van der Waals surface area contributed by atoms with Gasteiger partial charge in [-0.2, -0.15) is 0 Å². The Bertz CT molecular complexity index is 1530. The Morgan fingerprint density at radius 1 is 0.911 bits per heavy atom. The molecule has 0 spiro atoms. The van der Waals surface area contributed by atoms with Gasteiger partial charge in [0, 0.05) is 37.5 Å². The van der Waals surface area contributed by atoms with E-state index in [-0.39, 0.29) is 30.2 Å². The van der Waals surface area contributed by atoms with Crippen molar-refractivity contribution in [3.8, 4) is 11.5 Å². The Hall–Kier alpha value is -3.72. The van der Waals surface area contributed by atoms with Crippen LogP contribution < -0.4 is 4.74 Å². The van der Waals surface area contributed by atoms with E-state index in [9.17, 15) is 19.8 Å². The number of fused-ring (bicyclic) bond motifs is 3. The number of rotatable bonds is 7. The molecule has 1 aliphatic carbocycles. The van der Waals surface area contributed by atoms with Crippen LogP contribution in [0, 0.1) is 37.5 Å². The van der Waals surface area contributed by atoms with E-state index >= 15 is 0 Å². The van der Waals surface area contributed by atoms with Crippen molar-refractivity contribution < 1.29 is 29.3 Å². The molecule has 0 unspecified atom stereocenters. The highest BCUT2D eigenvalue weighted by Crippen LogP contribution is 2.58. The minimum atomic E-state index is -1.63. The summed E-state index contributed by atoms with van der Waals surface area (Å²) in [5.41, 5.74) is 3.57. The third kappa shape index (κ3) is 5.43. The second kappa shape index (κ2) is 11.9. The lowest BCUT2D eigenvalue weighted by molar-refractivity contribution is -0.272. The molecule has 45 heavy (non-hydrogen) atoms. The predicted octanol–water partition coefficient (Wildman–Crippen LogP) is 5.14. The van der Waals surface area contributed by atoms with Crippen LogP contribution in [0.3, 0.4) is 0 Å². The summed E-state index contributed by atoms with van der Waals surface area (Å²) in [5, 5.41) is 22.7. The van der Waals surface area contributed by atoms with Crippen LogP contribution in [0.5, 0.6) is 11.5 Å². The summed E-state index contributed by atoms with van der Waals surface area (Å²) in [6.45, 7) is 6.34. The molecule has 4 fully saturated rings. The maximum absolute atomic E-state index is 14.2. The molecule has 3 aliphatic heterocycles. The largest absolute Gasteiger partial charge is 0.507 e. The van der Waals surface area contributed by atoms with Crippen LogP contribution in [0.2, 0.25) is 0 Å². The Morgan fingerprint density at radius 2 is 1.56 bits per heavy atom. The van der Waals surface area contributed by atoms with E-state index in [0.717, 1.165) is 49.2 Å². The van der Waals surface area contributed by atoms with Gasteiger partial charge in [-0.05, 0) is 86.1 Å². The molecule has 0 radical (unpaired) electrons. The van der Waals surface area contributed by atoms with Gasteiger partial charge in [0.15, 0.2) is 5.79 Å². The van der Waals surface area contributed by atoms with Gasteiger partial charge in [0.05, 0.1) is 24.5 Å². The Morgan fingerprint density at radius 3 is 2.22 bits per heavy atom. The van der Waals surface area contributed by atoms with E-state index in [4.69, 9.17) is 9.47 Å². The molecule has 3 aromatic rings. The number of piperidine rings is 1. The summed E-state index contributed by atoms with van der Waals surface area (Å²) < 4.78 is 12.7. The van der Waals surface area contributed by atoms with Crippen molar-refractivity contribution in [1.29, 1.82) is 0 Å². The Labute approximate surface area is 264 Å². The molecule has 8 heteroatoms. The number of aromatic hydroxyl groups is 1. The lowest BCUT2D eigenvalue weighted by Gasteiger charge is -2.44. The van der Waals surface area contributed by atoms with E-state index in [1.54, 1.807) is 4.90 Å². The van der Waals surface area contributed by atoms with Crippen molar-refractivity contribution in [3.63, 3.8) is 0 Å². The summed E-state index contributed by atoms with van der Waals surface area (Å²) in [7, 11) is 0. The molecule has 1 saturated carbocycles. The Balaban J connectivity index is 1.14. The molecule has 3 aromatic carbocycles. The molecule has 0 bridgehead atoms. The number of hydrogen-bond donors (Lipinski definition) is 2. The number of likely N-dealkylation sites (tertiary alicyclic amines) is 2. The first-order chi connectivity index (χ1) is 21.7. The number of carbonyl (C=O) groups excluding carboxylic acids is 2. The van der Waals surface area contributed by atoms with Gasteiger partial charge in [-0.3, -0.25) is 19.4 Å². The van der Waals surface area contributed by atoms with E-state index in [1.807, 2.05) is 74.5 Å². The monoisotopic (exact) mass is 610 g/mol. The van der Waals surface area contributed by atoms with Crippen molar-refractivity contribution in [3.05, 3.63) is 95.1 Å². The van der Waals surface area contributed by atoms with Crippen molar-refractivity contribution in [2.75, 3.05) is 19.7 Å². The lowest BCUT2D eigenvalue weighted by Crippen LogP contribution is -2.55. The third-order valence-corrected chi connectivity index (χ3v) is 10.6. The smallest absolute Gasteiger partial charge is 0.233 e. The standard InChI is InChI=1S/C37H42N2O6/c1-23-17-26(18-24(2)34(23)40)32-20-31-33-30(19-27(37(31,43)45-32)22-44-29-11-7-4-8-12-29)35(41)39(36(33)42)28-13-15-38(16-14-28)21-25-9-5-3-6-10-25/h3-12,17-18,27-28,30-33,40,43H,13-16,19-22H2,1-2H3/t27-,30+,31+,32+,33+,37-/m1/s1. The van der Waals surface area contributed by atoms with E-state index in [1.165, 1.54) is 5.56 Å². The summed E-state index contributed by atoms with van der Waals surface area (Å²) in [6.07, 6.45) is 1.73. The molecule has 2 amide bonds. The highest BCUT2D eigenvalue weighted by atomic mass is 16.6. The average molecular weight is 611 g/mol. The number of carbonyl (C=O) groups is 2. The minimum Gasteiger partial charge on any atom is -0.507 e. The predicted molar refractivity (Wildman–Crippen MR) is 168 cm³/mol. The number of phenolic OH excluding ortho intramolecular Hbond substituents is 1. The van der Waals surface area contributed by atoms with Gasteiger partial charge in [0.2, 0.25) is 11.8 Å². The van der Waals surface area contributed by atoms with Gasteiger partial charge < -0.3 is 19.7 Å². The van der Waals surface area contributed by atoms with Crippen LogP contribution in [0.1, 0.15) is 54.0 Å². The average Bonchev–Trinajstić information content (AvgIpc) is 3.53. The topological polar surface area (TPSA) is 99.5 Å². The summed E-state index contributed by atoms with van der Waals surface area (Å²) in [4.78, 5) is 32.3. The molecule has 3 saturated heterocycles. The van der Waals surface area contributed by atoms with Crippen molar-refractivity contribution >= 4 is 11.8 Å². The first-order valence-corrected chi connectivity index (χ1v) is 16.2. The molecule has 3 heterocycles. The van der Waals surface area contributed by atoms with Gasteiger partial charge in [0.1, 0.15) is 11.5 Å². The lowest BCUT2D eigenvalue weighted by atomic mass is 9.64. The second-order valence-electron chi connectivity index (χ2n) is 13.4. The number of amides is 2. The van der Waals surface area contributed by atoms with Gasteiger partial charge in [-0.25, -0.2) is 0 Å². The number of hydrogen-bond acceptors (Lipinski definition) is 7. The summed E-state index contributed by atoms with van der Waals surface area (Å²) in [6, 6.07) is 23.4. The summed E-state index contributed by atoms with van der Waals surface area (Å²) in [5.74, 6) is -3.20. The maximum atomic E-state index is 14.2. The highest BCUT2D eigenvalue weighted by molar-refractivity contribution is 6.06. The van der Waals surface area contributed by atoms with E-state index < -0.39 is 35.6 Å². The molecule has 0 aromatic heterocycles. The first-order valence-electron chi connectivity index (χ1n) is 16.2. The number of para-hydroxylation sites is 1. The van der Waals surface area contributed by atoms with Crippen molar-refractivity contribution in [2.45, 2.75) is 64.0 Å². The number of phenols is 1. The molecule has 236 valence electrons. The zero-order valence-electron chi connectivity index (χ0n) is 26.0. The Kier molecular flexibility index (Phi) is 7.92. The third-order valence-electron chi connectivity index (χ3n) is 10.6. The van der Waals surface area contributed by atoms with Gasteiger partial charge in [-0.1, -0.05) is 48.5 Å². The molecule has 6 atom stereocenters. The van der Waals surface area contributed by atoms with Crippen LogP contribution >= 0.6 is 0 Å². The van der Waals surface area contributed by atoms with Crippen molar-refractivity contribution in [1.82, 2.24) is 9.80 Å². The van der Waals surface area contributed by atoms with Gasteiger partial charge >= 0.3 is 0 Å². The van der Waals surface area contributed by atoms with Gasteiger partial charge in [0.25, 0.3) is 0 Å². The molecule has 8 nitrogen and oxygen atoms in total.